The SMILES string of the molecule is COc1ccc2c(c1)c(CN1CCN(C)CC1)cn2S(=O)(=O)c1ccc(C)cc1. The number of aryl methyl sites for hydroxylation is 1. The zero-order valence-corrected chi connectivity index (χ0v) is 17.9. The Hall–Kier alpha value is -2.35. The first-order valence-electron chi connectivity index (χ1n) is 9.79. The van der Waals surface area contributed by atoms with E-state index >= 15 is 0 Å². The Morgan fingerprint density at radius 1 is 1.00 bits per heavy atom. The van der Waals surface area contributed by atoms with Crippen LogP contribution >= 0.6 is 0 Å². The van der Waals surface area contributed by atoms with Gasteiger partial charge in [-0.1, -0.05) is 17.7 Å². The molecule has 29 heavy (non-hydrogen) atoms. The molecule has 154 valence electrons. The number of ether oxygens (including phenoxy) is 1. The minimum absolute atomic E-state index is 0.293. The monoisotopic (exact) mass is 413 g/mol. The van der Waals surface area contributed by atoms with Crippen molar-refractivity contribution < 1.29 is 13.2 Å². The Labute approximate surface area is 172 Å². The van der Waals surface area contributed by atoms with Crippen molar-refractivity contribution in [3.05, 3.63) is 59.8 Å². The van der Waals surface area contributed by atoms with E-state index in [1.54, 1.807) is 25.4 Å². The molecule has 0 atom stereocenters. The lowest BCUT2D eigenvalue weighted by Crippen LogP contribution is -2.43. The summed E-state index contributed by atoms with van der Waals surface area (Å²) in [4.78, 5) is 4.98. The Morgan fingerprint density at radius 3 is 2.34 bits per heavy atom. The minimum atomic E-state index is -3.68. The molecule has 1 aromatic heterocycles. The predicted molar refractivity (Wildman–Crippen MR) is 115 cm³/mol. The number of rotatable bonds is 5. The second-order valence-corrected chi connectivity index (χ2v) is 9.55. The lowest BCUT2D eigenvalue weighted by molar-refractivity contribution is 0.148. The van der Waals surface area contributed by atoms with Gasteiger partial charge in [0.15, 0.2) is 0 Å². The number of aromatic nitrogens is 1. The quantitative estimate of drug-likeness (QED) is 0.644. The van der Waals surface area contributed by atoms with Crippen LogP contribution in [0, 0.1) is 6.92 Å². The van der Waals surface area contributed by atoms with E-state index < -0.39 is 10.0 Å². The summed E-state index contributed by atoms with van der Waals surface area (Å²) in [6.45, 7) is 6.64. The smallest absolute Gasteiger partial charge is 0.268 e. The first kappa shape index (κ1) is 19.9. The molecular weight excluding hydrogens is 386 g/mol. The van der Waals surface area contributed by atoms with Crippen LogP contribution in [-0.4, -0.2) is 62.5 Å². The van der Waals surface area contributed by atoms with E-state index in [1.165, 1.54) is 3.97 Å². The molecule has 3 aromatic rings. The Kier molecular flexibility index (Phi) is 5.38. The van der Waals surface area contributed by atoms with E-state index in [0.29, 0.717) is 17.0 Å². The van der Waals surface area contributed by atoms with Crippen LogP contribution in [-0.2, 0) is 16.6 Å². The molecule has 1 aliphatic rings. The molecule has 0 bridgehead atoms. The molecule has 4 rings (SSSR count). The molecule has 1 saturated heterocycles. The molecule has 0 N–H and O–H groups in total. The fourth-order valence-corrected chi connectivity index (χ4v) is 5.16. The van der Waals surface area contributed by atoms with Gasteiger partial charge in [0.25, 0.3) is 10.0 Å². The largest absolute Gasteiger partial charge is 0.497 e. The molecule has 0 saturated carbocycles. The summed E-state index contributed by atoms with van der Waals surface area (Å²) in [5, 5.41) is 0.916. The third-order valence-corrected chi connectivity index (χ3v) is 7.32. The van der Waals surface area contributed by atoms with Gasteiger partial charge in [-0.15, -0.1) is 0 Å². The standard InChI is InChI=1S/C22H27N3O3S/c1-17-4-7-20(8-5-17)29(26,27)25-16-18(15-24-12-10-23(2)11-13-24)21-14-19(28-3)6-9-22(21)25/h4-9,14,16H,10-13,15H2,1-3H3. The van der Waals surface area contributed by atoms with Crippen LogP contribution < -0.4 is 4.74 Å². The molecular formula is C22H27N3O3S. The van der Waals surface area contributed by atoms with Gasteiger partial charge in [-0.2, -0.15) is 0 Å². The van der Waals surface area contributed by atoms with Crippen molar-refractivity contribution in [1.82, 2.24) is 13.8 Å². The lowest BCUT2D eigenvalue weighted by Gasteiger charge is -2.32. The molecule has 6 nitrogen and oxygen atoms in total. The van der Waals surface area contributed by atoms with E-state index in [2.05, 4.69) is 16.8 Å². The van der Waals surface area contributed by atoms with Crippen molar-refractivity contribution in [2.24, 2.45) is 0 Å². The fourth-order valence-electron chi connectivity index (χ4n) is 3.77. The van der Waals surface area contributed by atoms with Gasteiger partial charge in [0.1, 0.15) is 5.75 Å². The number of hydrogen-bond acceptors (Lipinski definition) is 5. The zero-order chi connectivity index (χ0) is 20.6. The topological polar surface area (TPSA) is 54.8 Å². The van der Waals surface area contributed by atoms with Crippen molar-refractivity contribution in [3.8, 4) is 5.75 Å². The molecule has 0 aliphatic carbocycles. The van der Waals surface area contributed by atoms with Gasteiger partial charge in [0.2, 0.25) is 0 Å². The lowest BCUT2D eigenvalue weighted by atomic mass is 10.1. The summed E-state index contributed by atoms with van der Waals surface area (Å²) in [6, 6.07) is 12.6. The van der Waals surface area contributed by atoms with E-state index in [1.807, 2.05) is 37.3 Å². The highest BCUT2D eigenvalue weighted by Crippen LogP contribution is 2.30. The molecule has 1 aliphatic heterocycles. The highest BCUT2D eigenvalue weighted by molar-refractivity contribution is 7.90. The van der Waals surface area contributed by atoms with Crippen molar-refractivity contribution in [2.75, 3.05) is 40.3 Å². The van der Waals surface area contributed by atoms with Crippen LogP contribution in [0.1, 0.15) is 11.1 Å². The van der Waals surface area contributed by atoms with Crippen LogP contribution in [0.15, 0.2) is 53.6 Å². The van der Waals surface area contributed by atoms with Gasteiger partial charge in [-0.05, 0) is 49.9 Å². The highest BCUT2D eigenvalue weighted by Gasteiger charge is 2.23. The average molecular weight is 414 g/mol. The van der Waals surface area contributed by atoms with E-state index in [-0.39, 0.29) is 0 Å². The first-order chi connectivity index (χ1) is 13.9. The third-order valence-electron chi connectivity index (χ3n) is 5.63. The van der Waals surface area contributed by atoms with Gasteiger partial charge in [-0.25, -0.2) is 12.4 Å². The van der Waals surface area contributed by atoms with E-state index in [0.717, 1.165) is 48.4 Å². The molecule has 2 heterocycles. The summed E-state index contributed by atoms with van der Waals surface area (Å²) in [7, 11) is 0.0720. The normalized spacial score (nSPS) is 16.4. The summed E-state index contributed by atoms with van der Waals surface area (Å²) in [6.07, 6.45) is 1.78. The summed E-state index contributed by atoms with van der Waals surface area (Å²) >= 11 is 0. The highest BCUT2D eigenvalue weighted by atomic mass is 32.2. The second-order valence-electron chi connectivity index (χ2n) is 7.73. The Balaban J connectivity index is 1.79. The molecule has 0 spiro atoms. The molecule has 0 amide bonds. The van der Waals surface area contributed by atoms with Gasteiger partial charge in [0.05, 0.1) is 17.5 Å². The maximum absolute atomic E-state index is 13.4. The van der Waals surface area contributed by atoms with Crippen LogP contribution in [0.2, 0.25) is 0 Å². The summed E-state index contributed by atoms with van der Waals surface area (Å²) < 4.78 is 33.6. The zero-order valence-electron chi connectivity index (χ0n) is 17.1. The Morgan fingerprint density at radius 2 is 1.69 bits per heavy atom. The number of methoxy groups -OCH3 is 1. The van der Waals surface area contributed by atoms with Crippen LogP contribution in [0.25, 0.3) is 10.9 Å². The van der Waals surface area contributed by atoms with Crippen molar-refractivity contribution >= 4 is 20.9 Å². The van der Waals surface area contributed by atoms with Crippen LogP contribution in [0.5, 0.6) is 5.75 Å². The molecule has 2 aromatic carbocycles. The Bertz CT molecular complexity index is 1110. The minimum Gasteiger partial charge on any atom is -0.497 e. The third kappa shape index (κ3) is 3.90. The van der Waals surface area contributed by atoms with Crippen LogP contribution in [0.4, 0.5) is 0 Å². The van der Waals surface area contributed by atoms with Gasteiger partial charge >= 0.3 is 0 Å². The van der Waals surface area contributed by atoms with Crippen molar-refractivity contribution in [3.63, 3.8) is 0 Å². The number of hydrogen-bond donors (Lipinski definition) is 0. The predicted octanol–water partition coefficient (Wildman–Crippen LogP) is 2.94. The second kappa shape index (κ2) is 7.82. The molecule has 1 fully saturated rings. The fraction of sp³-hybridized carbons (Fsp3) is 0.364. The maximum Gasteiger partial charge on any atom is 0.268 e. The van der Waals surface area contributed by atoms with Crippen LogP contribution in [0.3, 0.4) is 0 Å². The first-order valence-corrected chi connectivity index (χ1v) is 11.2. The summed E-state index contributed by atoms with van der Waals surface area (Å²) in [5.41, 5.74) is 2.71. The maximum atomic E-state index is 13.4. The van der Waals surface area contributed by atoms with E-state index in [9.17, 15) is 8.42 Å². The van der Waals surface area contributed by atoms with Gasteiger partial charge in [0, 0.05) is 44.3 Å². The number of benzene rings is 2. The van der Waals surface area contributed by atoms with Gasteiger partial charge < -0.3 is 9.64 Å². The van der Waals surface area contributed by atoms with Crippen molar-refractivity contribution in [2.45, 2.75) is 18.4 Å². The molecule has 7 heteroatoms. The average Bonchev–Trinajstić information content (AvgIpc) is 3.08. The number of likely N-dealkylation sites (N-methyl/N-ethyl adjacent to an activating group) is 1. The molecule has 0 radical (unpaired) electrons. The number of piperazine rings is 1. The van der Waals surface area contributed by atoms with Crippen molar-refractivity contribution in [1.29, 1.82) is 0 Å². The molecule has 0 unspecified atom stereocenters. The van der Waals surface area contributed by atoms with E-state index in [4.69, 9.17) is 4.74 Å². The number of nitrogens with zero attached hydrogens (tertiary/aromatic N) is 3. The number of fused-ring (bicyclic) bond motifs is 1. The summed E-state index contributed by atoms with van der Waals surface area (Å²) in [5.74, 6) is 0.725. The van der Waals surface area contributed by atoms with Gasteiger partial charge in [-0.3, -0.25) is 4.90 Å².